The minimum atomic E-state index is 0.429. The van der Waals surface area contributed by atoms with Gasteiger partial charge in [0.15, 0.2) is 0 Å². The summed E-state index contributed by atoms with van der Waals surface area (Å²) in [5.74, 6) is 0.614. The number of anilines is 1. The van der Waals surface area contributed by atoms with Crippen LogP contribution in [0.3, 0.4) is 0 Å². The van der Waals surface area contributed by atoms with Crippen molar-refractivity contribution in [3.8, 4) is 5.75 Å². The van der Waals surface area contributed by atoms with E-state index in [2.05, 4.69) is 0 Å². The van der Waals surface area contributed by atoms with E-state index in [0.717, 1.165) is 16.8 Å². The molecule has 0 bridgehead atoms. The molecule has 0 aromatic heterocycles. The van der Waals surface area contributed by atoms with Gasteiger partial charge in [-0.25, -0.2) is 0 Å². The van der Waals surface area contributed by atoms with Crippen molar-refractivity contribution in [2.75, 3.05) is 5.73 Å². The van der Waals surface area contributed by atoms with Crippen LogP contribution in [-0.4, -0.2) is 0 Å². The Balaban J connectivity index is 2.14. The highest BCUT2D eigenvalue weighted by Gasteiger charge is 2.05. The molecule has 2 aromatic rings. The summed E-state index contributed by atoms with van der Waals surface area (Å²) in [6.07, 6.45) is 0. The molecule has 0 heterocycles. The minimum absolute atomic E-state index is 0.429. The molecule has 2 nitrogen and oxygen atoms in total. The molecule has 0 saturated carbocycles. The summed E-state index contributed by atoms with van der Waals surface area (Å²) in [4.78, 5) is 0. The fourth-order valence-electron chi connectivity index (χ4n) is 1.61. The summed E-state index contributed by atoms with van der Waals surface area (Å²) in [5.41, 5.74) is 8.68. The van der Waals surface area contributed by atoms with Crippen molar-refractivity contribution < 1.29 is 4.74 Å². The number of halogens is 2. The number of rotatable bonds is 3. The highest BCUT2D eigenvalue weighted by Crippen LogP contribution is 2.28. The first-order valence-corrected chi connectivity index (χ1v) is 6.25. The molecule has 18 heavy (non-hydrogen) atoms. The summed E-state index contributed by atoms with van der Waals surface area (Å²) in [7, 11) is 0. The zero-order chi connectivity index (χ0) is 13.1. The molecule has 2 N–H and O–H groups in total. The van der Waals surface area contributed by atoms with Gasteiger partial charge >= 0.3 is 0 Å². The first-order chi connectivity index (χ1) is 8.58. The second-order valence-corrected chi connectivity index (χ2v) is 4.84. The maximum absolute atomic E-state index is 6.03. The van der Waals surface area contributed by atoms with Crippen LogP contribution in [0.15, 0.2) is 36.4 Å². The molecule has 0 fully saturated rings. The van der Waals surface area contributed by atoms with Crippen LogP contribution in [0.2, 0.25) is 10.0 Å². The lowest BCUT2D eigenvalue weighted by molar-refractivity contribution is 0.305. The van der Waals surface area contributed by atoms with Crippen LogP contribution in [0.5, 0.6) is 5.75 Å². The summed E-state index contributed by atoms with van der Waals surface area (Å²) in [6, 6.07) is 10.9. The van der Waals surface area contributed by atoms with Crippen LogP contribution < -0.4 is 10.5 Å². The second kappa shape index (κ2) is 5.51. The zero-order valence-corrected chi connectivity index (χ0v) is 11.4. The van der Waals surface area contributed by atoms with Gasteiger partial charge in [-0.1, -0.05) is 35.3 Å². The third kappa shape index (κ3) is 2.89. The maximum Gasteiger partial charge on any atom is 0.138 e. The van der Waals surface area contributed by atoms with E-state index in [1.807, 2.05) is 25.1 Å². The standard InChI is InChI=1S/C14H13Cl2NO/c1-9-10(3-2-4-13(9)17)8-18-14-6-5-11(15)7-12(14)16/h2-7H,8,17H2,1H3. The molecule has 94 valence electrons. The van der Waals surface area contributed by atoms with E-state index in [9.17, 15) is 0 Å². The van der Waals surface area contributed by atoms with Gasteiger partial charge in [-0.3, -0.25) is 0 Å². The smallest absolute Gasteiger partial charge is 0.138 e. The summed E-state index contributed by atoms with van der Waals surface area (Å²) < 4.78 is 5.67. The van der Waals surface area contributed by atoms with Crippen molar-refractivity contribution in [3.05, 3.63) is 57.6 Å². The number of ether oxygens (including phenoxy) is 1. The van der Waals surface area contributed by atoms with Gasteiger partial charge in [0, 0.05) is 10.7 Å². The highest BCUT2D eigenvalue weighted by atomic mass is 35.5. The van der Waals surface area contributed by atoms with Gasteiger partial charge in [-0.05, 0) is 42.3 Å². The largest absolute Gasteiger partial charge is 0.487 e. The molecule has 0 spiro atoms. The second-order valence-electron chi connectivity index (χ2n) is 3.99. The van der Waals surface area contributed by atoms with Crippen molar-refractivity contribution in [1.29, 1.82) is 0 Å². The third-order valence-corrected chi connectivity index (χ3v) is 3.30. The number of hydrogen-bond donors (Lipinski definition) is 1. The fraction of sp³-hybridized carbons (Fsp3) is 0.143. The first-order valence-electron chi connectivity index (χ1n) is 5.50. The molecule has 0 saturated heterocycles. The molecule has 0 aliphatic rings. The van der Waals surface area contributed by atoms with Crippen LogP contribution in [0.1, 0.15) is 11.1 Å². The Kier molecular flexibility index (Phi) is 4.00. The molecule has 0 amide bonds. The van der Waals surface area contributed by atoms with Crippen LogP contribution in [0, 0.1) is 6.92 Å². The molecule has 4 heteroatoms. The van der Waals surface area contributed by atoms with Gasteiger partial charge < -0.3 is 10.5 Å². The van der Waals surface area contributed by atoms with E-state index < -0.39 is 0 Å². The summed E-state index contributed by atoms with van der Waals surface area (Å²) in [5, 5.41) is 1.09. The quantitative estimate of drug-likeness (QED) is 0.843. The summed E-state index contributed by atoms with van der Waals surface area (Å²) in [6.45, 7) is 2.40. The monoisotopic (exact) mass is 281 g/mol. The lowest BCUT2D eigenvalue weighted by atomic mass is 10.1. The van der Waals surface area contributed by atoms with E-state index in [4.69, 9.17) is 33.7 Å². The molecule has 2 rings (SSSR count). The van der Waals surface area contributed by atoms with Crippen molar-refractivity contribution in [1.82, 2.24) is 0 Å². The van der Waals surface area contributed by atoms with Crippen molar-refractivity contribution >= 4 is 28.9 Å². The average molecular weight is 282 g/mol. The molecular weight excluding hydrogens is 269 g/mol. The molecule has 0 radical (unpaired) electrons. The van der Waals surface area contributed by atoms with Crippen LogP contribution in [0.4, 0.5) is 5.69 Å². The minimum Gasteiger partial charge on any atom is -0.487 e. The molecular formula is C14H13Cl2NO. The molecule has 0 atom stereocenters. The topological polar surface area (TPSA) is 35.2 Å². The Hall–Kier alpha value is -1.38. The third-order valence-electron chi connectivity index (χ3n) is 2.76. The van der Waals surface area contributed by atoms with E-state index in [0.29, 0.717) is 22.4 Å². The van der Waals surface area contributed by atoms with Crippen LogP contribution in [0.25, 0.3) is 0 Å². The van der Waals surface area contributed by atoms with E-state index in [-0.39, 0.29) is 0 Å². The predicted molar refractivity (Wildman–Crippen MR) is 76.4 cm³/mol. The van der Waals surface area contributed by atoms with Crippen molar-refractivity contribution in [2.24, 2.45) is 0 Å². The Labute approximate surface area is 116 Å². The maximum atomic E-state index is 6.03. The first kappa shape index (κ1) is 13.1. The molecule has 0 unspecified atom stereocenters. The van der Waals surface area contributed by atoms with E-state index in [1.54, 1.807) is 18.2 Å². The molecule has 2 aromatic carbocycles. The predicted octanol–water partition coefficient (Wildman–Crippen LogP) is 4.46. The zero-order valence-electron chi connectivity index (χ0n) is 9.91. The van der Waals surface area contributed by atoms with E-state index >= 15 is 0 Å². The average Bonchev–Trinajstić information content (AvgIpc) is 2.33. The van der Waals surface area contributed by atoms with Gasteiger partial charge in [0.1, 0.15) is 12.4 Å². The van der Waals surface area contributed by atoms with Crippen LogP contribution >= 0.6 is 23.2 Å². The number of hydrogen-bond acceptors (Lipinski definition) is 2. The van der Waals surface area contributed by atoms with Gasteiger partial charge in [0.2, 0.25) is 0 Å². The molecule has 0 aliphatic carbocycles. The Bertz CT molecular complexity index is 570. The van der Waals surface area contributed by atoms with Gasteiger partial charge in [0.25, 0.3) is 0 Å². The van der Waals surface area contributed by atoms with Gasteiger partial charge in [-0.15, -0.1) is 0 Å². The van der Waals surface area contributed by atoms with Crippen molar-refractivity contribution in [3.63, 3.8) is 0 Å². The normalized spacial score (nSPS) is 10.4. The fourth-order valence-corrected chi connectivity index (χ4v) is 2.07. The number of benzene rings is 2. The SMILES string of the molecule is Cc1c(N)cccc1COc1ccc(Cl)cc1Cl. The van der Waals surface area contributed by atoms with Crippen molar-refractivity contribution in [2.45, 2.75) is 13.5 Å². The lowest BCUT2D eigenvalue weighted by Crippen LogP contribution is -2.00. The Morgan fingerprint density at radius 3 is 2.67 bits per heavy atom. The van der Waals surface area contributed by atoms with Gasteiger partial charge in [-0.2, -0.15) is 0 Å². The Morgan fingerprint density at radius 1 is 1.17 bits per heavy atom. The van der Waals surface area contributed by atoms with Crippen LogP contribution in [-0.2, 0) is 6.61 Å². The van der Waals surface area contributed by atoms with E-state index in [1.165, 1.54) is 0 Å². The molecule has 0 aliphatic heterocycles. The highest BCUT2D eigenvalue weighted by molar-refractivity contribution is 6.35. The summed E-state index contributed by atoms with van der Waals surface area (Å²) >= 11 is 11.9. The lowest BCUT2D eigenvalue weighted by Gasteiger charge is -2.11. The Morgan fingerprint density at radius 2 is 1.94 bits per heavy atom. The van der Waals surface area contributed by atoms with Gasteiger partial charge in [0.05, 0.1) is 5.02 Å². The number of nitrogens with two attached hydrogens (primary N) is 1. The number of nitrogen functional groups attached to an aromatic ring is 1.